The monoisotopic (exact) mass is 380 g/mol. The van der Waals surface area contributed by atoms with E-state index < -0.39 is 0 Å². The molecule has 0 fully saturated rings. The van der Waals surface area contributed by atoms with Gasteiger partial charge in [-0.2, -0.15) is 0 Å². The molecule has 2 N–H and O–H groups in total. The highest BCUT2D eigenvalue weighted by Crippen LogP contribution is 2.18. The van der Waals surface area contributed by atoms with Crippen molar-refractivity contribution in [2.75, 3.05) is 7.11 Å². The van der Waals surface area contributed by atoms with E-state index in [-0.39, 0.29) is 24.8 Å². The van der Waals surface area contributed by atoms with Crippen molar-refractivity contribution in [3.8, 4) is 5.75 Å². The summed E-state index contributed by atoms with van der Waals surface area (Å²) in [5.41, 5.74) is 7.66. The van der Waals surface area contributed by atoms with Crippen LogP contribution < -0.4 is 15.6 Å². The smallest absolute Gasteiger partial charge is 0.258 e. The number of imidazole rings is 1. The van der Waals surface area contributed by atoms with Crippen LogP contribution >= 0.6 is 0 Å². The van der Waals surface area contributed by atoms with Gasteiger partial charge >= 0.3 is 0 Å². The third kappa shape index (κ3) is 4.49. The zero-order valence-corrected chi connectivity index (χ0v) is 16.1. The first-order valence-corrected chi connectivity index (χ1v) is 9.26. The average Bonchev–Trinajstić information content (AvgIpc) is 3.08. The summed E-state index contributed by atoms with van der Waals surface area (Å²) in [6.45, 7) is 2.09. The van der Waals surface area contributed by atoms with E-state index in [0.717, 1.165) is 28.2 Å². The van der Waals surface area contributed by atoms with Gasteiger partial charge in [-0.3, -0.25) is 20.4 Å². The molecule has 0 saturated heterocycles. The number of hydrazine groups is 1. The number of carbonyl (C=O) groups excluding carboxylic acids is 2. The maximum Gasteiger partial charge on any atom is 0.258 e. The van der Waals surface area contributed by atoms with E-state index in [4.69, 9.17) is 4.74 Å². The normalized spacial score (nSPS) is 10.6. The molecule has 146 valence electrons. The second-order valence-corrected chi connectivity index (χ2v) is 6.36. The van der Waals surface area contributed by atoms with Crippen molar-refractivity contribution in [1.82, 2.24) is 20.4 Å². The van der Waals surface area contributed by atoms with Crippen LogP contribution in [-0.4, -0.2) is 28.5 Å². The predicted molar refractivity (Wildman–Crippen MR) is 107 cm³/mol. The number of nitrogens with one attached hydrogen (secondary N) is 2. The topological polar surface area (TPSA) is 85.3 Å². The van der Waals surface area contributed by atoms with Gasteiger partial charge in [-0.1, -0.05) is 37.3 Å². The minimum atomic E-state index is -0.302. The number of hydrogen-bond acceptors (Lipinski definition) is 4. The number of benzene rings is 2. The number of amides is 2. The average molecular weight is 380 g/mol. The fraction of sp³-hybridized carbons (Fsp3) is 0.286. The van der Waals surface area contributed by atoms with Gasteiger partial charge in [0.1, 0.15) is 18.1 Å². The van der Waals surface area contributed by atoms with Crippen molar-refractivity contribution in [1.29, 1.82) is 0 Å². The summed E-state index contributed by atoms with van der Waals surface area (Å²) in [7, 11) is 1.60. The zero-order valence-electron chi connectivity index (χ0n) is 16.1. The zero-order chi connectivity index (χ0) is 19.9. The van der Waals surface area contributed by atoms with E-state index in [9.17, 15) is 9.59 Å². The molecule has 0 radical (unpaired) electrons. The molecule has 0 aliphatic rings. The van der Waals surface area contributed by atoms with Crippen molar-refractivity contribution in [3.63, 3.8) is 0 Å². The maximum absolute atomic E-state index is 12.3. The van der Waals surface area contributed by atoms with Gasteiger partial charge in [0.2, 0.25) is 5.91 Å². The number of methoxy groups -OCH3 is 1. The first-order valence-electron chi connectivity index (χ1n) is 9.26. The molecule has 2 aromatic carbocycles. The van der Waals surface area contributed by atoms with E-state index in [1.165, 1.54) is 0 Å². The molecular formula is C21H24N4O3. The van der Waals surface area contributed by atoms with Crippen LogP contribution in [0.1, 0.15) is 24.7 Å². The van der Waals surface area contributed by atoms with Crippen molar-refractivity contribution in [2.24, 2.45) is 0 Å². The quantitative estimate of drug-likeness (QED) is 0.617. The van der Waals surface area contributed by atoms with Gasteiger partial charge in [-0.25, -0.2) is 4.98 Å². The second kappa shape index (κ2) is 9.03. The molecule has 3 aromatic rings. The standard InChI is InChI=1S/C21H24N4O3/c1-3-19-22-16-9-5-6-10-17(16)25(19)14-21(27)24-23-20(26)13-12-15-8-4-7-11-18(15)28-2/h4-11H,3,12-14H2,1-2H3,(H,23,26)(H,24,27). The number of nitrogens with zero attached hydrogens (tertiary/aromatic N) is 2. The lowest BCUT2D eigenvalue weighted by atomic mass is 10.1. The van der Waals surface area contributed by atoms with Crippen LogP contribution in [0.2, 0.25) is 0 Å². The largest absolute Gasteiger partial charge is 0.496 e. The SMILES string of the molecule is CCc1nc2ccccc2n1CC(=O)NNC(=O)CCc1ccccc1OC. The number of carbonyl (C=O) groups is 2. The third-order valence-corrected chi connectivity index (χ3v) is 4.51. The molecule has 7 heteroatoms. The van der Waals surface area contributed by atoms with Crippen molar-refractivity contribution >= 4 is 22.8 Å². The molecule has 3 rings (SSSR count). The minimum Gasteiger partial charge on any atom is -0.496 e. The molecule has 0 saturated carbocycles. The van der Waals surface area contributed by atoms with E-state index in [1.54, 1.807) is 7.11 Å². The van der Waals surface area contributed by atoms with Crippen LogP contribution in [0.25, 0.3) is 11.0 Å². The van der Waals surface area contributed by atoms with Crippen molar-refractivity contribution in [3.05, 3.63) is 59.9 Å². The summed E-state index contributed by atoms with van der Waals surface area (Å²) in [5.74, 6) is 1.02. The highest BCUT2D eigenvalue weighted by molar-refractivity contribution is 5.84. The lowest BCUT2D eigenvalue weighted by Crippen LogP contribution is -2.43. The Bertz CT molecular complexity index is 981. The number of rotatable bonds is 7. The van der Waals surface area contributed by atoms with Gasteiger partial charge in [-0.05, 0) is 30.2 Å². The van der Waals surface area contributed by atoms with Crippen molar-refractivity contribution < 1.29 is 14.3 Å². The van der Waals surface area contributed by atoms with Gasteiger partial charge in [0.25, 0.3) is 5.91 Å². The van der Waals surface area contributed by atoms with Crippen LogP contribution in [0.15, 0.2) is 48.5 Å². The molecule has 2 amide bonds. The van der Waals surface area contributed by atoms with E-state index in [2.05, 4.69) is 15.8 Å². The second-order valence-electron chi connectivity index (χ2n) is 6.36. The Labute approximate surface area is 163 Å². The first-order chi connectivity index (χ1) is 13.6. The number of aromatic nitrogens is 2. The molecule has 0 bridgehead atoms. The lowest BCUT2D eigenvalue weighted by molar-refractivity contribution is -0.129. The molecule has 0 aliphatic carbocycles. The van der Waals surface area contributed by atoms with Crippen LogP contribution in [0, 0.1) is 0 Å². The summed E-state index contributed by atoms with van der Waals surface area (Å²) < 4.78 is 7.15. The Hall–Kier alpha value is -3.35. The summed E-state index contributed by atoms with van der Waals surface area (Å²) in [6.07, 6.45) is 1.49. The fourth-order valence-corrected chi connectivity index (χ4v) is 3.11. The van der Waals surface area contributed by atoms with E-state index in [0.29, 0.717) is 12.8 Å². The number of aryl methyl sites for hydroxylation is 2. The molecule has 0 spiro atoms. The van der Waals surface area contributed by atoms with Gasteiger partial charge in [0.15, 0.2) is 0 Å². The number of para-hydroxylation sites is 3. The van der Waals surface area contributed by atoms with Crippen LogP contribution in [0.3, 0.4) is 0 Å². The summed E-state index contributed by atoms with van der Waals surface area (Å²) >= 11 is 0. The molecule has 1 heterocycles. The van der Waals surface area contributed by atoms with Crippen LogP contribution in [-0.2, 0) is 29.0 Å². The van der Waals surface area contributed by atoms with Gasteiger partial charge in [0.05, 0.1) is 18.1 Å². The molecule has 1 aromatic heterocycles. The molecule has 7 nitrogen and oxygen atoms in total. The minimum absolute atomic E-state index is 0.0937. The number of fused-ring (bicyclic) bond motifs is 1. The summed E-state index contributed by atoms with van der Waals surface area (Å²) in [4.78, 5) is 28.9. The molecular weight excluding hydrogens is 356 g/mol. The molecule has 0 unspecified atom stereocenters. The van der Waals surface area contributed by atoms with Gasteiger partial charge < -0.3 is 9.30 Å². The Morgan fingerprint density at radius 3 is 2.54 bits per heavy atom. The Morgan fingerprint density at radius 1 is 1.04 bits per heavy atom. The lowest BCUT2D eigenvalue weighted by Gasteiger charge is -2.11. The number of ether oxygens (including phenoxy) is 1. The molecule has 0 aliphatic heterocycles. The summed E-state index contributed by atoms with van der Waals surface area (Å²) in [5, 5.41) is 0. The Balaban J connectivity index is 1.54. The van der Waals surface area contributed by atoms with Crippen LogP contribution in [0.4, 0.5) is 0 Å². The maximum atomic E-state index is 12.3. The molecule has 0 atom stereocenters. The predicted octanol–water partition coefficient (Wildman–Crippen LogP) is 2.39. The highest BCUT2D eigenvalue weighted by atomic mass is 16.5. The Kier molecular flexibility index (Phi) is 6.26. The Morgan fingerprint density at radius 2 is 1.75 bits per heavy atom. The molecule has 28 heavy (non-hydrogen) atoms. The third-order valence-electron chi connectivity index (χ3n) is 4.51. The highest BCUT2D eigenvalue weighted by Gasteiger charge is 2.13. The fourth-order valence-electron chi connectivity index (χ4n) is 3.11. The first kappa shape index (κ1) is 19.4. The summed E-state index contributed by atoms with van der Waals surface area (Å²) in [6, 6.07) is 15.2. The van der Waals surface area contributed by atoms with Gasteiger partial charge in [-0.15, -0.1) is 0 Å². The van der Waals surface area contributed by atoms with Gasteiger partial charge in [0, 0.05) is 12.8 Å². The van der Waals surface area contributed by atoms with Crippen LogP contribution in [0.5, 0.6) is 5.75 Å². The van der Waals surface area contributed by atoms with E-state index in [1.807, 2.05) is 60.0 Å². The van der Waals surface area contributed by atoms with E-state index >= 15 is 0 Å². The number of hydrogen-bond donors (Lipinski definition) is 2. The van der Waals surface area contributed by atoms with Crippen molar-refractivity contribution in [2.45, 2.75) is 32.7 Å².